The van der Waals surface area contributed by atoms with Crippen molar-refractivity contribution in [3.63, 3.8) is 0 Å². The molecule has 6 N–H and O–H groups in total. The summed E-state index contributed by atoms with van der Waals surface area (Å²) in [6.45, 7) is 0. The van der Waals surface area contributed by atoms with Gasteiger partial charge >= 0.3 is 5.97 Å². The monoisotopic (exact) mass is 498 g/mol. The standard InChI is InChI=1S/C25H26N2O9/c1-27(2)19-13-9-11-8-12-10(5-7-15(29)36-3)4-6-14(28)17(12)20(30)16(11)22(32)25(13,35)23(33)18(21(19)31)24(26)34/h4-7,11,13,19,28,31-32,35H,8-9H2,1-3H3,(H2,26,34)/b7-5+/t11-,13-,19-,25-/m0/s1. The highest BCUT2D eigenvalue weighted by atomic mass is 16.5. The Kier molecular flexibility index (Phi) is 6.01. The van der Waals surface area contributed by atoms with Gasteiger partial charge in [-0.1, -0.05) is 6.07 Å². The maximum atomic E-state index is 13.6. The number of nitrogens with two attached hydrogens (primary N) is 1. The first-order valence-corrected chi connectivity index (χ1v) is 11.1. The van der Waals surface area contributed by atoms with E-state index in [0.29, 0.717) is 11.1 Å². The Morgan fingerprint density at radius 3 is 2.44 bits per heavy atom. The summed E-state index contributed by atoms with van der Waals surface area (Å²) < 4.78 is 4.60. The van der Waals surface area contributed by atoms with Gasteiger partial charge in [0.1, 0.15) is 22.8 Å². The zero-order valence-electron chi connectivity index (χ0n) is 19.8. The summed E-state index contributed by atoms with van der Waals surface area (Å²) in [4.78, 5) is 51.9. The number of hydrogen-bond acceptors (Lipinski definition) is 10. The summed E-state index contributed by atoms with van der Waals surface area (Å²) in [5.41, 5.74) is 2.24. The van der Waals surface area contributed by atoms with Gasteiger partial charge in [0.15, 0.2) is 11.4 Å². The summed E-state index contributed by atoms with van der Waals surface area (Å²) in [5.74, 6) is -7.77. The highest BCUT2D eigenvalue weighted by Gasteiger charge is 2.63. The number of amides is 1. The van der Waals surface area contributed by atoms with E-state index in [1.807, 2.05) is 0 Å². The molecular weight excluding hydrogens is 472 g/mol. The number of rotatable bonds is 4. The van der Waals surface area contributed by atoms with Crippen LogP contribution in [0, 0.1) is 11.8 Å². The van der Waals surface area contributed by atoms with Crippen LogP contribution in [0.5, 0.6) is 5.75 Å². The number of carbonyl (C=O) groups excluding carboxylic acids is 4. The fraction of sp³-hybridized carbons (Fsp3) is 0.360. The number of aliphatic hydroxyl groups is 3. The van der Waals surface area contributed by atoms with E-state index < -0.39 is 64.0 Å². The highest BCUT2D eigenvalue weighted by Crippen LogP contribution is 2.52. The number of aromatic hydroxyl groups is 1. The normalized spacial score (nSPS) is 27.8. The maximum absolute atomic E-state index is 13.6. The number of allylic oxidation sites excluding steroid dienone is 1. The molecule has 0 saturated heterocycles. The van der Waals surface area contributed by atoms with Crippen LogP contribution in [0.2, 0.25) is 0 Å². The Hall–Kier alpha value is -3.96. The highest BCUT2D eigenvalue weighted by molar-refractivity contribution is 6.24. The second-order valence-corrected chi connectivity index (χ2v) is 9.35. The van der Waals surface area contributed by atoms with Gasteiger partial charge in [0.05, 0.1) is 18.7 Å². The zero-order valence-corrected chi connectivity index (χ0v) is 19.8. The summed E-state index contributed by atoms with van der Waals surface area (Å²) in [6.07, 6.45) is 2.69. The smallest absolute Gasteiger partial charge is 0.330 e. The minimum atomic E-state index is -2.69. The minimum Gasteiger partial charge on any atom is -0.510 e. The molecule has 4 rings (SSSR count). The first-order valence-electron chi connectivity index (χ1n) is 11.1. The molecule has 0 heterocycles. The zero-order chi connectivity index (χ0) is 26.7. The van der Waals surface area contributed by atoms with E-state index in [4.69, 9.17) is 5.73 Å². The minimum absolute atomic E-state index is 0.0262. The number of hydrogen-bond donors (Lipinski definition) is 5. The molecule has 4 atom stereocenters. The molecule has 0 radical (unpaired) electrons. The third-order valence-corrected chi connectivity index (χ3v) is 7.24. The van der Waals surface area contributed by atoms with Crippen molar-refractivity contribution >= 4 is 29.5 Å². The molecule has 0 aliphatic heterocycles. The van der Waals surface area contributed by atoms with Crippen LogP contribution in [-0.4, -0.2) is 81.6 Å². The Morgan fingerprint density at radius 2 is 1.86 bits per heavy atom. The number of likely N-dealkylation sites (N-methyl/N-ethyl adjacent to an activating group) is 1. The van der Waals surface area contributed by atoms with Gasteiger partial charge in [-0.15, -0.1) is 0 Å². The average molecular weight is 498 g/mol. The third kappa shape index (κ3) is 3.42. The molecule has 0 spiro atoms. The lowest BCUT2D eigenvalue weighted by Crippen LogP contribution is -2.63. The lowest BCUT2D eigenvalue weighted by atomic mass is 9.58. The van der Waals surface area contributed by atoms with Gasteiger partial charge < -0.3 is 30.9 Å². The molecule has 0 fully saturated rings. The third-order valence-electron chi connectivity index (χ3n) is 7.24. The van der Waals surface area contributed by atoms with E-state index in [1.54, 1.807) is 14.1 Å². The molecule has 36 heavy (non-hydrogen) atoms. The predicted octanol–water partition coefficient (Wildman–Crippen LogP) is 0.307. The number of fused-ring (bicyclic) bond motifs is 3. The largest absolute Gasteiger partial charge is 0.510 e. The lowest BCUT2D eigenvalue weighted by molar-refractivity contribution is -0.148. The number of phenolic OH excluding ortho intramolecular Hbond substituents is 1. The van der Waals surface area contributed by atoms with E-state index >= 15 is 0 Å². The number of methoxy groups -OCH3 is 1. The van der Waals surface area contributed by atoms with Crippen molar-refractivity contribution in [1.29, 1.82) is 0 Å². The second-order valence-electron chi connectivity index (χ2n) is 9.35. The van der Waals surface area contributed by atoms with Gasteiger partial charge in [-0.05, 0) is 56.1 Å². The van der Waals surface area contributed by atoms with Crippen molar-refractivity contribution in [2.45, 2.75) is 24.5 Å². The topological polar surface area (TPSA) is 188 Å². The Labute approximate surface area is 205 Å². The van der Waals surface area contributed by atoms with Gasteiger partial charge in [-0.3, -0.25) is 19.3 Å². The number of esters is 1. The molecule has 3 aliphatic carbocycles. The molecule has 0 unspecified atom stereocenters. The van der Waals surface area contributed by atoms with E-state index in [0.717, 1.165) is 6.08 Å². The molecule has 0 saturated carbocycles. The van der Waals surface area contributed by atoms with Crippen molar-refractivity contribution in [3.8, 4) is 5.75 Å². The van der Waals surface area contributed by atoms with Crippen LogP contribution in [0.1, 0.15) is 27.9 Å². The molecular formula is C25H26N2O9. The van der Waals surface area contributed by atoms with Crippen molar-refractivity contribution in [3.05, 3.63) is 57.6 Å². The summed E-state index contributed by atoms with van der Waals surface area (Å²) in [5, 5.41) is 44.1. The fourth-order valence-corrected chi connectivity index (χ4v) is 5.66. The molecule has 3 aliphatic rings. The van der Waals surface area contributed by atoms with Gasteiger partial charge in [-0.2, -0.15) is 0 Å². The quantitative estimate of drug-likeness (QED) is 0.219. The SMILES string of the molecule is COC(=O)/C=C/c1ccc(O)c2c1C[C@H]1C[C@H]3[C@H](N(C)C)C(O)=C(C(N)=O)C(=O)[C@@]3(O)C(O)=C1C2=O. The lowest BCUT2D eigenvalue weighted by Gasteiger charge is -2.50. The molecule has 11 heteroatoms. The van der Waals surface area contributed by atoms with Gasteiger partial charge in [0, 0.05) is 17.6 Å². The molecule has 0 bridgehead atoms. The van der Waals surface area contributed by atoms with E-state index in [1.165, 1.54) is 30.2 Å². The summed E-state index contributed by atoms with van der Waals surface area (Å²) in [6, 6.07) is 1.71. The van der Waals surface area contributed by atoms with Crippen LogP contribution in [0.3, 0.4) is 0 Å². The van der Waals surface area contributed by atoms with Crippen LogP contribution in [0.4, 0.5) is 0 Å². The van der Waals surface area contributed by atoms with Crippen molar-refractivity contribution in [2.24, 2.45) is 17.6 Å². The van der Waals surface area contributed by atoms with Crippen LogP contribution >= 0.6 is 0 Å². The van der Waals surface area contributed by atoms with Crippen molar-refractivity contribution in [1.82, 2.24) is 4.90 Å². The first-order chi connectivity index (χ1) is 16.9. The Bertz CT molecular complexity index is 1310. The van der Waals surface area contributed by atoms with Gasteiger partial charge in [0.2, 0.25) is 5.78 Å². The van der Waals surface area contributed by atoms with Gasteiger partial charge in [-0.25, -0.2) is 4.79 Å². The summed E-state index contributed by atoms with van der Waals surface area (Å²) in [7, 11) is 4.33. The second kappa shape index (κ2) is 8.61. The number of nitrogens with zero attached hydrogens (tertiary/aromatic N) is 1. The molecule has 0 aromatic heterocycles. The molecule has 11 nitrogen and oxygen atoms in total. The Morgan fingerprint density at radius 1 is 1.19 bits per heavy atom. The Balaban J connectivity index is 1.92. The molecule has 190 valence electrons. The van der Waals surface area contributed by atoms with Crippen molar-refractivity contribution < 1.29 is 44.3 Å². The number of benzene rings is 1. The maximum Gasteiger partial charge on any atom is 0.330 e. The molecule has 1 amide bonds. The van der Waals surface area contributed by atoms with E-state index in [2.05, 4.69) is 4.74 Å². The number of carbonyl (C=O) groups is 4. The average Bonchev–Trinajstić information content (AvgIpc) is 2.80. The molecule has 1 aromatic carbocycles. The number of aliphatic hydroxyl groups excluding tert-OH is 2. The molecule has 1 aromatic rings. The van der Waals surface area contributed by atoms with E-state index in [9.17, 15) is 39.6 Å². The van der Waals surface area contributed by atoms with Crippen LogP contribution in [0.15, 0.2) is 40.9 Å². The number of ether oxygens (including phenoxy) is 1. The number of ketones is 2. The predicted molar refractivity (Wildman–Crippen MR) is 125 cm³/mol. The van der Waals surface area contributed by atoms with Crippen LogP contribution in [-0.2, 0) is 25.5 Å². The van der Waals surface area contributed by atoms with Gasteiger partial charge in [0.25, 0.3) is 5.91 Å². The fourth-order valence-electron chi connectivity index (χ4n) is 5.66. The van der Waals surface area contributed by atoms with E-state index in [-0.39, 0.29) is 29.7 Å². The number of primary amides is 1. The number of Topliss-reactive ketones (excluding diaryl/α,β-unsaturated/α-hetero) is 2. The first kappa shape index (κ1) is 25.1. The van der Waals surface area contributed by atoms with Crippen molar-refractivity contribution in [2.75, 3.05) is 21.2 Å². The summed E-state index contributed by atoms with van der Waals surface area (Å²) >= 11 is 0. The number of phenols is 1. The van der Waals surface area contributed by atoms with Crippen LogP contribution in [0.25, 0.3) is 6.08 Å². The van der Waals surface area contributed by atoms with Crippen LogP contribution < -0.4 is 5.73 Å².